The molecule has 1 aromatic carbocycles. The number of halogens is 1. The Morgan fingerprint density at radius 1 is 1.41 bits per heavy atom. The molecule has 0 N–H and O–H groups in total. The molecule has 1 aromatic heterocycles. The molecule has 0 saturated carbocycles. The maximum absolute atomic E-state index is 12.8. The van der Waals surface area contributed by atoms with Gasteiger partial charge in [0.1, 0.15) is 18.8 Å². The molecule has 0 aliphatic rings. The fourth-order valence-corrected chi connectivity index (χ4v) is 1.60. The third kappa shape index (κ3) is 2.41. The van der Waals surface area contributed by atoms with Gasteiger partial charge in [-0.1, -0.05) is 18.2 Å². The molecule has 0 spiro atoms. The molecular weight excluding hydrogens is 221 g/mol. The summed E-state index contributed by atoms with van der Waals surface area (Å²) in [6.45, 7) is 0.718. The van der Waals surface area contributed by atoms with Crippen LogP contribution in [0.2, 0.25) is 0 Å². The number of fused-ring (bicyclic) bond motifs is 1. The molecule has 0 unspecified atom stereocenters. The lowest BCUT2D eigenvalue weighted by atomic mass is 10.1. The lowest BCUT2D eigenvalue weighted by Crippen LogP contribution is -2.08. The number of carbonyl (C=O) groups excluding carboxylic acids is 1. The monoisotopic (exact) mass is 233 g/mol. The van der Waals surface area contributed by atoms with Crippen LogP contribution in [0.1, 0.15) is 12.5 Å². The van der Waals surface area contributed by atoms with Crippen LogP contribution in [0.3, 0.4) is 0 Å². The average Bonchev–Trinajstić information content (AvgIpc) is 2.35. The van der Waals surface area contributed by atoms with Crippen molar-refractivity contribution >= 4 is 16.7 Å². The van der Waals surface area contributed by atoms with Crippen LogP contribution in [-0.2, 0) is 11.5 Å². The van der Waals surface area contributed by atoms with Gasteiger partial charge in [0.15, 0.2) is 11.5 Å². The number of Topliss-reactive ketones (excluding diaryl/α,β-unsaturated/α-hetero) is 1. The highest BCUT2D eigenvalue weighted by atomic mass is 19.1. The SMILES string of the molecule is CC(=O)COc1c(CF)ccc2cccnc12. The van der Waals surface area contributed by atoms with Crippen LogP contribution < -0.4 is 4.74 Å². The molecule has 0 aliphatic heterocycles. The Hall–Kier alpha value is -1.97. The second-order valence-corrected chi connectivity index (χ2v) is 3.75. The molecule has 0 aliphatic carbocycles. The first-order valence-corrected chi connectivity index (χ1v) is 5.27. The van der Waals surface area contributed by atoms with E-state index in [0.717, 1.165) is 5.39 Å². The van der Waals surface area contributed by atoms with Crippen molar-refractivity contribution in [2.75, 3.05) is 6.61 Å². The van der Waals surface area contributed by atoms with Crippen molar-refractivity contribution in [2.24, 2.45) is 0 Å². The van der Waals surface area contributed by atoms with Gasteiger partial charge in [-0.05, 0) is 13.0 Å². The zero-order valence-corrected chi connectivity index (χ0v) is 9.44. The van der Waals surface area contributed by atoms with Gasteiger partial charge in [-0.3, -0.25) is 9.78 Å². The van der Waals surface area contributed by atoms with Gasteiger partial charge in [-0.15, -0.1) is 0 Å². The van der Waals surface area contributed by atoms with Crippen LogP contribution in [0.15, 0.2) is 30.5 Å². The van der Waals surface area contributed by atoms with Crippen molar-refractivity contribution in [3.8, 4) is 5.75 Å². The molecule has 88 valence electrons. The molecule has 0 amide bonds. The van der Waals surface area contributed by atoms with Gasteiger partial charge in [0, 0.05) is 17.1 Å². The van der Waals surface area contributed by atoms with Gasteiger partial charge in [-0.2, -0.15) is 0 Å². The van der Waals surface area contributed by atoms with E-state index in [1.807, 2.05) is 6.07 Å². The number of pyridine rings is 1. The number of ether oxygens (including phenoxy) is 1. The third-order valence-corrected chi connectivity index (χ3v) is 2.37. The summed E-state index contributed by atoms with van der Waals surface area (Å²) in [5, 5.41) is 0.864. The zero-order valence-electron chi connectivity index (χ0n) is 9.44. The van der Waals surface area contributed by atoms with Gasteiger partial charge in [0.2, 0.25) is 0 Å². The Morgan fingerprint density at radius 3 is 2.94 bits per heavy atom. The van der Waals surface area contributed by atoms with Crippen LogP contribution in [0.5, 0.6) is 5.75 Å². The normalized spacial score (nSPS) is 10.5. The average molecular weight is 233 g/mol. The zero-order chi connectivity index (χ0) is 12.3. The molecule has 0 atom stereocenters. The third-order valence-electron chi connectivity index (χ3n) is 2.37. The molecule has 2 rings (SSSR count). The number of hydrogen-bond acceptors (Lipinski definition) is 3. The van der Waals surface area contributed by atoms with Gasteiger partial charge >= 0.3 is 0 Å². The Labute approximate surface area is 98.2 Å². The number of benzene rings is 1. The van der Waals surface area contributed by atoms with Crippen molar-refractivity contribution < 1.29 is 13.9 Å². The van der Waals surface area contributed by atoms with E-state index in [0.29, 0.717) is 16.8 Å². The number of alkyl halides is 1. The van der Waals surface area contributed by atoms with Crippen LogP contribution in [0.25, 0.3) is 10.9 Å². The minimum absolute atomic E-state index is 0.0668. The molecule has 0 bridgehead atoms. The van der Waals surface area contributed by atoms with Crippen molar-refractivity contribution in [1.29, 1.82) is 0 Å². The largest absolute Gasteiger partial charge is 0.483 e. The highest BCUT2D eigenvalue weighted by Gasteiger charge is 2.10. The predicted molar refractivity (Wildman–Crippen MR) is 62.7 cm³/mol. The van der Waals surface area contributed by atoms with E-state index in [1.165, 1.54) is 6.92 Å². The number of hydrogen-bond donors (Lipinski definition) is 0. The molecule has 0 fully saturated rings. The molecule has 17 heavy (non-hydrogen) atoms. The van der Waals surface area contributed by atoms with Crippen LogP contribution in [0.4, 0.5) is 4.39 Å². The standard InChI is InChI=1S/C13H12FNO2/c1-9(16)8-17-13-11(7-14)5-4-10-3-2-6-15-12(10)13/h2-6H,7-8H2,1H3. The topological polar surface area (TPSA) is 39.2 Å². The fraction of sp³-hybridized carbons (Fsp3) is 0.231. The molecule has 0 saturated heterocycles. The predicted octanol–water partition coefficient (Wildman–Crippen LogP) is 2.67. The first kappa shape index (κ1) is 11.5. The molecule has 3 nitrogen and oxygen atoms in total. The van der Waals surface area contributed by atoms with Gasteiger partial charge in [0.05, 0.1) is 0 Å². The summed E-state index contributed by atoms with van der Waals surface area (Å²) in [6.07, 6.45) is 1.62. The second kappa shape index (κ2) is 4.91. The van der Waals surface area contributed by atoms with Gasteiger partial charge in [-0.25, -0.2) is 4.39 Å². The first-order chi connectivity index (χ1) is 8.22. The lowest BCUT2D eigenvalue weighted by molar-refractivity contribution is -0.118. The highest BCUT2D eigenvalue weighted by molar-refractivity contribution is 5.86. The Kier molecular flexibility index (Phi) is 3.32. The number of aromatic nitrogens is 1. The number of nitrogens with zero attached hydrogens (tertiary/aromatic N) is 1. The van der Waals surface area contributed by atoms with E-state index >= 15 is 0 Å². The van der Waals surface area contributed by atoms with E-state index in [1.54, 1.807) is 24.4 Å². The van der Waals surface area contributed by atoms with Crippen LogP contribution in [-0.4, -0.2) is 17.4 Å². The minimum atomic E-state index is -0.639. The van der Waals surface area contributed by atoms with Gasteiger partial charge in [0.25, 0.3) is 0 Å². The van der Waals surface area contributed by atoms with Crippen LogP contribution in [0, 0.1) is 0 Å². The summed E-state index contributed by atoms with van der Waals surface area (Å²) in [6, 6.07) is 7.11. The van der Waals surface area contributed by atoms with E-state index in [9.17, 15) is 9.18 Å². The molecule has 1 heterocycles. The Bertz CT molecular complexity index is 554. The van der Waals surface area contributed by atoms with E-state index < -0.39 is 6.67 Å². The Morgan fingerprint density at radius 2 is 2.24 bits per heavy atom. The van der Waals surface area contributed by atoms with E-state index in [2.05, 4.69) is 4.98 Å². The van der Waals surface area contributed by atoms with Crippen molar-refractivity contribution in [2.45, 2.75) is 13.6 Å². The number of carbonyl (C=O) groups is 1. The van der Waals surface area contributed by atoms with Crippen molar-refractivity contribution in [3.63, 3.8) is 0 Å². The number of rotatable bonds is 4. The fourth-order valence-electron chi connectivity index (χ4n) is 1.60. The maximum Gasteiger partial charge on any atom is 0.167 e. The minimum Gasteiger partial charge on any atom is -0.483 e. The summed E-state index contributed by atoms with van der Waals surface area (Å²) < 4.78 is 18.2. The second-order valence-electron chi connectivity index (χ2n) is 3.75. The van der Waals surface area contributed by atoms with E-state index in [-0.39, 0.29) is 12.4 Å². The molecule has 2 aromatic rings. The summed E-state index contributed by atoms with van der Waals surface area (Å²) in [5.41, 5.74) is 1.00. The van der Waals surface area contributed by atoms with Crippen molar-refractivity contribution in [1.82, 2.24) is 4.98 Å². The van der Waals surface area contributed by atoms with E-state index in [4.69, 9.17) is 4.74 Å². The smallest absolute Gasteiger partial charge is 0.167 e. The summed E-state index contributed by atoms with van der Waals surface area (Å²) in [5.74, 6) is 0.253. The summed E-state index contributed by atoms with van der Waals surface area (Å²) >= 11 is 0. The van der Waals surface area contributed by atoms with Crippen LogP contribution >= 0.6 is 0 Å². The number of ketones is 1. The van der Waals surface area contributed by atoms with Gasteiger partial charge < -0.3 is 4.74 Å². The maximum atomic E-state index is 12.8. The summed E-state index contributed by atoms with van der Waals surface area (Å²) in [7, 11) is 0. The highest BCUT2D eigenvalue weighted by Crippen LogP contribution is 2.28. The quantitative estimate of drug-likeness (QED) is 0.815. The summed E-state index contributed by atoms with van der Waals surface area (Å²) in [4.78, 5) is 15.1. The molecular formula is C13H12FNO2. The van der Waals surface area contributed by atoms with Crippen molar-refractivity contribution in [3.05, 3.63) is 36.0 Å². The first-order valence-electron chi connectivity index (χ1n) is 5.27. The molecule has 0 radical (unpaired) electrons. The molecule has 4 heteroatoms. The lowest BCUT2D eigenvalue weighted by Gasteiger charge is -2.10. The Balaban J connectivity index is 2.50.